The lowest BCUT2D eigenvalue weighted by atomic mass is 9.83. The number of rotatable bonds is 3. The molecule has 2 atom stereocenters. The molecule has 2 unspecified atom stereocenters. The molecule has 1 N–H and O–H groups in total. The molecular weight excluding hydrogens is 252 g/mol. The van der Waals surface area contributed by atoms with E-state index in [1.807, 2.05) is 18.7 Å². The van der Waals surface area contributed by atoms with Crippen LogP contribution in [0.3, 0.4) is 0 Å². The lowest BCUT2D eigenvalue weighted by Crippen LogP contribution is -2.59. The monoisotopic (exact) mass is 280 g/mol. The van der Waals surface area contributed by atoms with Gasteiger partial charge in [-0.3, -0.25) is 9.59 Å². The minimum atomic E-state index is -0.676. The molecule has 114 valence electrons. The smallest absolute Gasteiger partial charge is 0.248 e. The van der Waals surface area contributed by atoms with E-state index in [0.29, 0.717) is 37.8 Å². The van der Waals surface area contributed by atoms with Gasteiger partial charge in [-0.15, -0.1) is 0 Å². The SMILES string of the molecule is CCC1(CC)NC(=O)CCN(C2CCCCC2C)C1=O. The second-order valence-electron chi connectivity index (χ2n) is 6.42. The van der Waals surface area contributed by atoms with E-state index in [-0.39, 0.29) is 11.8 Å². The van der Waals surface area contributed by atoms with Gasteiger partial charge in [0.1, 0.15) is 5.54 Å². The van der Waals surface area contributed by atoms with Crippen LogP contribution < -0.4 is 5.32 Å². The molecule has 1 aliphatic carbocycles. The molecule has 20 heavy (non-hydrogen) atoms. The molecule has 2 rings (SSSR count). The Hall–Kier alpha value is -1.06. The third kappa shape index (κ3) is 2.70. The highest BCUT2D eigenvalue weighted by Gasteiger charge is 2.44. The Morgan fingerprint density at radius 3 is 2.45 bits per heavy atom. The Kier molecular flexibility index (Phi) is 4.71. The van der Waals surface area contributed by atoms with E-state index in [0.717, 1.165) is 6.42 Å². The molecule has 0 bridgehead atoms. The first-order valence-electron chi connectivity index (χ1n) is 8.16. The molecule has 1 heterocycles. The molecule has 1 saturated heterocycles. The summed E-state index contributed by atoms with van der Waals surface area (Å²) in [5, 5.41) is 3.00. The number of hydrogen-bond donors (Lipinski definition) is 1. The first-order valence-corrected chi connectivity index (χ1v) is 8.16. The highest BCUT2D eigenvalue weighted by molar-refractivity contribution is 5.93. The van der Waals surface area contributed by atoms with Gasteiger partial charge in [-0.2, -0.15) is 0 Å². The predicted molar refractivity (Wildman–Crippen MR) is 79.2 cm³/mol. The van der Waals surface area contributed by atoms with Gasteiger partial charge in [0.15, 0.2) is 0 Å². The van der Waals surface area contributed by atoms with Gasteiger partial charge < -0.3 is 10.2 Å². The topological polar surface area (TPSA) is 49.4 Å². The Labute approximate surface area is 122 Å². The van der Waals surface area contributed by atoms with Crippen LogP contribution in [0.25, 0.3) is 0 Å². The summed E-state index contributed by atoms with van der Waals surface area (Å²) in [6.45, 7) is 6.82. The molecule has 1 saturated carbocycles. The van der Waals surface area contributed by atoms with E-state index in [2.05, 4.69) is 12.2 Å². The van der Waals surface area contributed by atoms with Gasteiger partial charge in [0.25, 0.3) is 0 Å². The molecule has 0 aromatic carbocycles. The first kappa shape index (κ1) is 15.3. The second-order valence-corrected chi connectivity index (χ2v) is 6.42. The zero-order valence-corrected chi connectivity index (χ0v) is 13.1. The van der Waals surface area contributed by atoms with Crippen LogP contribution in [0, 0.1) is 5.92 Å². The maximum atomic E-state index is 13.0. The lowest BCUT2D eigenvalue weighted by molar-refractivity contribution is -0.142. The largest absolute Gasteiger partial charge is 0.342 e. The van der Waals surface area contributed by atoms with Crippen molar-refractivity contribution >= 4 is 11.8 Å². The van der Waals surface area contributed by atoms with Crippen molar-refractivity contribution in [1.82, 2.24) is 10.2 Å². The molecule has 2 amide bonds. The van der Waals surface area contributed by atoms with Gasteiger partial charge in [0.05, 0.1) is 0 Å². The van der Waals surface area contributed by atoms with E-state index < -0.39 is 5.54 Å². The van der Waals surface area contributed by atoms with E-state index in [4.69, 9.17) is 0 Å². The number of carbonyl (C=O) groups is 2. The van der Waals surface area contributed by atoms with Crippen LogP contribution in [0.5, 0.6) is 0 Å². The molecule has 2 fully saturated rings. The maximum Gasteiger partial charge on any atom is 0.248 e. The lowest BCUT2D eigenvalue weighted by Gasteiger charge is -2.42. The van der Waals surface area contributed by atoms with Crippen LogP contribution in [0.1, 0.15) is 65.7 Å². The van der Waals surface area contributed by atoms with E-state index >= 15 is 0 Å². The summed E-state index contributed by atoms with van der Waals surface area (Å²) < 4.78 is 0. The third-order valence-electron chi connectivity index (χ3n) is 5.30. The van der Waals surface area contributed by atoms with Crippen LogP contribution in [0.2, 0.25) is 0 Å². The summed E-state index contributed by atoms with van der Waals surface area (Å²) in [5.41, 5.74) is -0.676. The number of nitrogens with one attached hydrogen (secondary N) is 1. The molecule has 0 aromatic heterocycles. The summed E-state index contributed by atoms with van der Waals surface area (Å²) in [6.07, 6.45) is 6.54. The predicted octanol–water partition coefficient (Wildman–Crippen LogP) is 2.47. The Morgan fingerprint density at radius 1 is 1.20 bits per heavy atom. The molecule has 0 aromatic rings. The summed E-state index contributed by atoms with van der Waals surface area (Å²) in [7, 11) is 0. The van der Waals surface area contributed by atoms with Gasteiger partial charge in [0, 0.05) is 19.0 Å². The number of nitrogens with zero attached hydrogens (tertiary/aromatic N) is 1. The van der Waals surface area contributed by atoms with Crippen molar-refractivity contribution in [3.63, 3.8) is 0 Å². The zero-order chi connectivity index (χ0) is 14.8. The average Bonchev–Trinajstić information content (AvgIpc) is 2.58. The Morgan fingerprint density at radius 2 is 1.85 bits per heavy atom. The first-order chi connectivity index (χ1) is 9.54. The van der Waals surface area contributed by atoms with E-state index in [9.17, 15) is 9.59 Å². The van der Waals surface area contributed by atoms with E-state index in [1.165, 1.54) is 19.3 Å². The fraction of sp³-hybridized carbons (Fsp3) is 0.875. The van der Waals surface area contributed by atoms with Crippen molar-refractivity contribution in [1.29, 1.82) is 0 Å². The van der Waals surface area contributed by atoms with Gasteiger partial charge in [-0.05, 0) is 31.6 Å². The summed E-state index contributed by atoms with van der Waals surface area (Å²) in [6, 6.07) is 0.321. The van der Waals surface area contributed by atoms with Crippen molar-refractivity contribution in [3.05, 3.63) is 0 Å². The van der Waals surface area contributed by atoms with Gasteiger partial charge in [0.2, 0.25) is 11.8 Å². The van der Waals surface area contributed by atoms with Crippen LogP contribution in [-0.4, -0.2) is 34.8 Å². The van der Waals surface area contributed by atoms with Gasteiger partial charge in [-0.1, -0.05) is 33.6 Å². The van der Waals surface area contributed by atoms with Crippen molar-refractivity contribution in [3.8, 4) is 0 Å². The number of amides is 2. The van der Waals surface area contributed by atoms with Crippen LogP contribution in [-0.2, 0) is 9.59 Å². The summed E-state index contributed by atoms with van der Waals surface area (Å²) in [5.74, 6) is 0.715. The Bertz CT molecular complexity index is 377. The fourth-order valence-electron chi connectivity index (χ4n) is 3.79. The Balaban J connectivity index is 2.27. The number of hydrogen-bond acceptors (Lipinski definition) is 2. The highest BCUT2D eigenvalue weighted by atomic mass is 16.2. The summed E-state index contributed by atoms with van der Waals surface area (Å²) in [4.78, 5) is 27.0. The highest BCUT2D eigenvalue weighted by Crippen LogP contribution is 2.32. The maximum absolute atomic E-state index is 13.0. The molecule has 1 aliphatic heterocycles. The van der Waals surface area contributed by atoms with Crippen LogP contribution in [0.4, 0.5) is 0 Å². The minimum absolute atomic E-state index is 0.0213. The van der Waals surface area contributed by atoms with Crippen LogP contribution in [0.15, 0.2) is 0 Å². The van der Waals surface area contributed by atoms with Crippen molar-refractivity contribution in [2.75, 3.05) is 6.54 Å². The number of carbonyl (C=O) groups excluding carboxylic acids is 2. The van der Waals surface area contributed by atoms with Crippen molar-refractivity contribution in [2.45, 2.75) is 77.3 Å². The fourth-order valence-corrected chi connectivity index (χ4v) is 3.79. The summed E-state index contributed by atoms with van der Waals surface area (Å²) >= 11 is 0. The minimum Gasteiger partial charge on any atom is -0.342 e. The molecule has 2 aliphatic rings. The van der Waals surface area contributed by atoms with Crippen molar-refractivity contribution < 1.29 is 9.59 Å². The van der Waals surface area contributed by atoms with Crippen LogP contribution >= 0.6 is 0 Å². The molecule has 4 nitrogen and oxygen atoms in total. The molecule has 0 radical (unpaired) electrons. The normalized spacial score (nSPS) is 30.9. The molecule has 4 heteroatoms. The molecular formula is C16H28N2O2. The zero-order valence-electron chi connectivity index (χ0n) is 13.1. The molecule has 0 spiro atoms. The van der Waals surface area contributed by atoms with Crippen molar-refractivity contribution in [2.24, 2.45) is 5.92 Å². The standard InChI is InChI=1S/C16H28N2O2/c1-4-16(5-2)15(20)18(11-10-14(19)17-16)13-9-7-6-8-12(13)3/h12-13H,4-11H2,1-3H3,(H,17,19). The average molecular weight is 280 g/mol. The van der Waals surface area contributed by atoms with E-state index in [1.54, 1.807) is 0 Å². The second kappa shape index (κ2) is 6.15. The van der Waals surface area contributed by atoms with Gasteiger partial charge in [-0.25, -0.2) is 0 Å². The quantitative estimate of drug-likeness (QED) is 0.863. The van der Waals surface area contributed by atoms with Gasteiger partial charge >= 0.3 is 0 Å². The third-order valence-corrected chi connectivity index (χ3v) is 5.30.